The number of carbonyl (C=O) groups is 3. The molecule has 5 heterocycles. The first-order valence-corrected chi connectivity index (χ1v) is 20.3. The van der Waals surface area contributed by atoms with Gasteiger partial charge in [-0.05, 0) is 105 Å². The van der Waals surface area contributed by atoms with Crippen molar-refractivity contribution in [3.05, 3.63) is 119 Å². The van der Waals surface area contributed by atoms with E-state index in [1.54, 1.807) is 6.33 Å². The third-order valence-electron chi connectivity index (χ3n) is 11.7. The van der Waals surface area contributed by atoms with E-state index in [4.69, 9.17) is 4.52 Å². The minimum atomic E-state index is -0.386. The van der Waals surface area contributed by atoms with Crippen LogP contribution in [0.2, 0.25) is 0 Å². The summed E-state index contributed by atoms with van der Waals surface area (Å²) in [6.45, 7) is 14.8. The number of rotatable bonds is 10. The fraction of sp³-hybridized carbons (Fsp3) is 0.370. The first-order chi connectivity index (χ1) is 28.2. The van der Waals surface area contributed by atoms with Crippen LogP contribution in [-0.4, -0.2) is 65.5 Å². The lowest BCUT2D eigenvalue weighted by atomic mass is 9.79. The Morgan fingerprint density at radius 3 is 2.42 bits per heavy atom. The second-order valence-corrected chi connectivity index (χ2v) is 17.6. The second-order valence-electron chi connectivity index (χ2n) is 17.6. The fourth-order valence-corrected chi connectivity index (χ4v) is 8.16. The van der Waals surface area contributed by atoms with Crippen LogP contribution < -0.4 is 16.0 Å². The summed E-state index contributed by atoms with van der Waals surface area (Å²) >= 11 is 0. The maximum absolute atomic E-state index is 12.7. The minimum Gasteiger partial charge on any atom is -0.374 e. The van der Waals surface area contributed by atoms with Gasteiger partial charge in [0.2, 0.25) is 17.7 Å². The van der Waals surface area contributed by atoms with E-state index in [-0.39, 0.29) is 40.5 Å². The maximum atomic E-state index is 12.7. The molecule has 3 N–H and O–H groups in total. The molecule has 2 aliphatic heterocycles. The SMILES string of the molecule is Cc1cc(-c2ncnn3cc(-c4ccc(CN5CCC(c6ccc(NC7CCC(=O)NC7=O)cc6)CC5(C)C)cc4)cc23)ccc1CNC(=O)c1noc(C(C)(C)C)n1. The molecule has 2 unspecified atom stereocenters. The number of likely N-dealkylation sites (tertiary alicyclic amines) is 1. The van der Waals surface area contributed by atoms with Crippen molar-refractivity contribution in [1.29, 1.82) is 0 Å². The van der Waals surface area contributed by atoms with Crippen LogP contribution in [0.1, 0.15) is 105 Å². The van der Waals surface area contributed by atoms with Crippen LogP contribution in [-0.2, 0) is 28.1 Å². The van der Waals surface area contributed by atoms with Crippen LogP contribution in [0.3, 0.4) is 0 Å². The largest absolute Gasteiger partial charge is 0.374 e. The van der Waals surface area contributed by atoms with Crippen molar-refractivity contribution in [1.82, 2.24) is 40.3 Å². The summed E-state index contributed by atoms with van der Waals surface area (Å²) in [5.41, 5.74) is 10.0. The predicted molar refractivity (Wildman–Crippen MR) is 225 cm³/mol. The Kier molecular flexibility index (Phi) is 10.6. The van der Waals surface area contributed by atoms with Gasteiger partial charge in [-0.1, -0.05) is 74.5 Å². The average Bonchev–Trinajstić information content (AvgIpc) is 3.89. The second kappa shape index (κ2) is 15.9. The Labute approximate surface area is 344 Å². The molecule has 0 saturated carbocycles. The molecule has 2 fully saturated rings. The van der Waals surface area contributed by atoms with Crippen LogP contribution in [0.15, 0.2) is 89.8 Å². The number of benzene rings is 3. The van der Waals surface area contributed by atoms with Gasteiger partial charge >= 0.3 is 0 Å². The van der Waals surface area contributed by atoms with Crippen LogP contribution in [0.5, 0.6) is 0 Å². The number of nitrogens with one attached hydrogen (secondary N) is 3. The summed E-state index contributed by atoms with van der Waals surface area (Å²) in [6, 6.07) is 25.1. The number of hydrogen-bond donors (Lipinski definition) is 3. The lowest BCUT2D eigenvalue weighted by Gasteiger charge is -2.46. The zero-order valence-electron chi connectivity index (χ0n) is 34.5. The standard InChI is InChI=1S/C46H51N9O4/c1-28-21-32(11-12-34(28)24-47-43(58)41-52-44(59-53-41)45(2,3)4)40-38-22-35(26-55(38)49-27-48-40)31-9-7-29(8-10-31)25-54-20-19-33(23-46(54,5)6)30-13-15-36(16-14-30)50-37-17-18-39(56)51-42(37)57/h7-16,21-22,26-27,33,37,50H,17-20,23-25H2,1-6H3,(H,47,58)(H,51,56,57). The molecule has 13 nitrogen and oxygen atoms in total. The third kappa shape index (κ3) is 8.66. The first kappa shape index (κ1) is 39.6. The highest BCUT2D eigenvalue weighted by Crippen LogP contribution is 2.39. The van der Waals surface area contributed by atoms with Gasteiger partial charge in [0.15, 0.2) is 0 Å². The molecule has 0 radical (unpaired) electrons. The number of anilines is 1. The van der Waals surface area contributed by atoms with E-state index in [1.807, 2.05) is 62.7 Å². The van der Waals surface area contributed by atoms with E-state index in [9.17, 15) is 14.4 Å². The van der Waals surface area contributed by atoms with Crippen molar-refractivity contribution in [3.8, 4) is 22.4 Å². The Hall–Kier alpha value is -6.21. The van der Waals surface area contributed by atoms with Crippen LogP contribution >= 0.6 is 0 Å². The van der Waals surface area contributed by atoms with Gasteiger partial charge in [-0.3, -0.25) is 24.6 Å². The molecular formula is C46H51N9O4. The Bertz CT molecular complexity index is 2510. The summed E-state index contributed by atoms with van der Waals surface area (Å²) in [4.78, 5) is 48.0. The Morgan fingerprint density at radius 2 is 1.73 bits per heavy atom. The molecule has 2 atom stereocenters. The van der Waals surface area contributed by atoms with Crippen molar-refractivity contribution in [2.24, 2.45) is 0 Å². The summed E-state index contributed by atoms with van der Waals surface area (Å²) in [6.07, 6.45) is 6.60. The molecule has 3 aromatic heterocycles. The van der Waals surface area contributed by atoms with Crippen LogP contribution in [0.25, 0.3) is 27.9 Å². The minimum absolute atomic E-state index is 0.0105. The van der Waals surface area contributed by atoms with Gasteiger partial charge in [0.25, 0.3) is 11.7 Å². The van der Waals surface area contributed by atoms with Gasteiger partial charge in [0.1, 0.15) is 12.4 Å². The van der Waals surface area contributed by atoms with Crippen molar-refractivity contribution in [3.63, 3.8) is 0 Å². The van der Waals surface area contributed by atoms with Gasteiger partial charge in [0.05, 0.1) is 11.2 Å². The summed E-state index contributed by atoms with van der Waals surface area (Å²) in [5, 5.41) is 17.0. The zero-order chi connectivity index (χ0) is 41.5. The van der Waals surface area contributed by atoms with Gasteiger partial charge < -0.3 is 15.2 Å². The number of imide groups is 1. The van der Waals surface area contributed by atoms with E-state index < -0.39 is 0 Å². The molecule has 13 heteroatoms. The highest BCUT2D eigenvalue weighted by Gasteiger charge is 2.35. The number of aromatic nitrogens is 5. The monoisotopic (exact) mass is 793 g/mol. The van der Waals surface area contributed by atoms with E-state index in [0.717, 1.165) is 70.6 Å². The maximum Gasteiger partial charge on any atom is 0.292 e. The first-order valence-electron chi connectivity index (χ1n) is 20.3. The van der Waals surface area contributed by atoms with Crippen molar-refractivity contribution >= 4 is 28.9 Å². The number of fused-ring (bicyclic) bond motifs is 1. The highest BCUT2D eigenvalue weighted by atomic mass is 16.5. The number of piperidine rings is 2. The number of amides is 3. The molecule has 3 amide bonds. The van der Waals surface area contributed by atoms with Crippen LogP contribution in [0.4, 0.5) is 5.69 Å². The number of nitrogens with zero attached hydrogens (tertiary/aromatic N) is 6. The molecular weight excluding hydrogens is 743 g/mol. The zero-order valence-corrected chi connectivity index (χ0v) is 34.5. The molecule has 6 aromatic rings. The quantitative estimate of drug-likeness (QED) is 0.120. The number of hydrogen-bond acceptors (Lipinski definition) is 10. The molecule has 2 saturated heterocycles. The molecule has 0 aliphatic carbocycles. The molecule has 3 aromatic carbocycles. The van der Waals surface area contributed by atoms with Crippen molar-refractivity contribution < 1.29 is 18.9 Å². The molecule has 8 rings (SSSR count). The predicted octanol–water partition coefficient (Wildman–Crippen LogP) is 7.36. The summed E-state index contributed by atoms with van der Waals surface area (Å²) in [5.74, 6) is 0.0446. The smallest absolute Gasteiger partial charge is 0.292 e. The van der Waals surface area contributed by atoms with E-state index in [0.29, 0.717) is 31.2 Å². The van der Waals surface area contributed by atoms with Gasteiger partial charge in [-0.2, -0.15) is 10.1 Å². The molecule has 304 valence electrons. The average molecular weight is 794 g/mol. The Morgan fingerprint density at radius 1 is 0.966 bits per heavy atom. The molecule has 2 aliphatic rings. The fourth-order valence-electron chi connectivity index (χ4n) is 8.16. The summed E-state index contributed by atoms with van der Waals surface area (Å²) in [7, 11) is 0. The number of carbonyl (C=O) groups excluding carboxylic acids is 3. The molecule has 0 spiro atoms. The third-order valence-corrected chi connectivity index (χ3v) is 11.7. The summed E-state index contributed by atoms with van der Waals surface area (Å²) < 4.78 is 7.16. The molecule has 59 heavy (non-hydrogen) atoms. The van der Waals surface area contributed by atoms with Gasteiger partial charge in [-0.15, -0.1) is 0 Å². The van der Waals surface area contributed by atoms with E-state index >= 15 is 0 Å². The van der Waals surface area contributed by atoms with Crippen LogP contribution in [0, 0.1) is 6.92 Å². The topological polar surface area (TPSA) is 160 Å². The highest BCUT2D eigenvalue weighted by molar-refractivity contribution is 6.01. The van der Waals surface area contributed by atoms with Gasteiger partial charge in [0, 0.05) is 53.5 Å². The normalized spacial score (nSPS) is 18.5. The van der Waals surface area contributed by atoms with Crippen molar-refractivity contribution in [2.45, 2.75) is 103 Å². The van der Waals surface area contributed by atoms with E-state index in [2.05, 4.69) is 103 Å². The number of aryl methyl sites for hydroxylation is 1. The lowest BCUT2D eigenvalue weighted by molar-refractivity contribution is -0.133. The van der Waals surface area contributed by atoms with Crippen molar-refractivity contribution in [2.75, 3.05) is 11.9 Å². The molecule has 0 bridgehead atoms. The lowest BCUT2D eigenvalue weighted by Crippen LogP contribution is -2.48. The van der Waals surface area contributed by atoms with Gasteiger partial charge in [-0.25, -0.2) is 9.50 Å². The van der Waals surface area contributed by atoms with E-state index in [1.165, 1.54) is 11.1 Å². The Balaban J connectivity index is 0.886.